The van der Waals surface area contributed by atoms with E-state index in [1.165, 1.54) is 24.5 Å². The van der Waals surface area contributed by atoms with Crippen molar-refractivity contribution in [1.82, 2.24) is 20.2 Å². The number of aromatic amines is 1. The summed E-state index contributed by atoms with van der Waals surface area (Å²) >= 11 is 5.83. The number of rotatable bonds is 12. The maximum absolute atomic E-state index is 13.3. The molecular formula is C24H24ClFN6O4. The van der Waals surface area contributed by atoms with Crippen LogP contribution in [-0.4, -0.2) is 58.9 Å². The summed E-state index contributed by atoms with van der Waals surface area (Å²) in [6.45, 7) is 1.09. The van der Waals surface area contributed by atoms with Crippen LogP contribution in [0.4, 0.5) is 21.7 Å². The number of fused-ring (bicyclic) bond motifs is 1. The quantitative estimate of drug-likeness (QED) is 0.191. The molecule has 3 N–H and O–H groups in total. The highest BCUT2D eigenvalue weighted by Gasteiger charge is 2.15. The first-order valence-electron chi connectivity index (χ1n) is 11.0. The largest absolute Gasteiger partial charge is 0.491 e. The third-order valence-electron chi connectivity index (χ3n) is 4.90. The van der Waals surface area contributed by atoms with Crippen molar-refractivity contribution in [3.63, 3.8) is 0 Å². The zero-order valence-corrected chi connectivity index (χ0v) is 20.1. The normalized spacial score (nSPS) is 10.9. The Kier molecular flexibility index (Phi) is 8.48. The van der Waals surface area contributed by atoms with Gasteiger partial charge in [-0.15, -0.1) is 11.6 Å². The van der Waals surface area contributed by atoms with Crippen LogP contribution < -0.4 is 20.1 Å². The summed E-state index contributed by atoms with van der Waals surface area (Å²) in [5, 5.41) is 13.4. The molecule has 4 rings (SSSR count). The van der Waals surface area contributed by atoms with E-state index in [0.29, 0.717) is 64.5 Å². The second-order valence-electron chi connectivity index (χ2n) is 7.56. The number of amides is 1. The standard InChI is InChI=1S/C24H24ClFN6O4/c1-34-7-8-35-18-12-19-23(20(13-18)36-6-5-25)24(28-14-27-19)30-21-10-17(31-32-21)11-22(33)29-16-4-2-3-15(26)9-16/h2-4,9-10,12-14H,5-8,11H2,1H3,(H,29,33)(H2,27,28,30,31,32). The number of benzene rings is 2. The molecule has 0 saturated carbocycles. The lowest BCUT2D eigenvalue weighted by atomic mass is 10.2. The van der Waals surface area contributed by atoms with Crippen LogP contribution in [0.15, 0.2) is 48.8 Å². The van der Waals surface area contributed by atoms with Crippen molar-refractivity contribution in [2.75, 3.05) is 43.4 Å². The van der Waals surface area contributed by atoms with E-state index in [0.717, 1.165) is 0 Å². The third-order valence-corrected chi connectivity index (χ3v) is 5.06. The molecule has 4 aromatic rings. The van der Waals surface area contributed by atoms with Gasteiger partial charge in [0.15, 0.2) is 5.82 Å². The van der Waals surface area contributed by atoms with Crippen LogP contribution in [0.3, 0.4) is 0 Å². The Hall–Kier alpha value is -3.96. The molecule has 0 bridgehead atoms. The minimum Gasteiger partial charge on any atom is -0.491 e. The highest BCUT2D eigenvalue weighted by Crippen LogP contribution is 2.35. The third kappa shape index (κ3) is 6.58. The highest BCUT2D eigenvalue weighted by atomic mass is 35.5. The number of nitrogens with zero attached hydrogens (tertiary/aromatic N) is 3. The second-order valence-corrected chi connectivity index (χ2v) is 7.93. The van der Waals surface area contributed by atoms with Gasteiger partial charge in [0.05, 0.1) is 29.8 Å². The van der Waals surface area contributed by atoms with Gasteiger partial charge >= 0.3 is 0 Å². The number of anilines is 3. The fourth-order valence-corrected chi connectivity index (χ4v) is 3.47. The SMILES string of the molecule is COCCOc1cc(OCCCl)c2c(Nc3cc(CC(=O)Nc4cccc(F)c4)[nH]n3)ncnc2c1. The van der Waals surface area contributed by atoms with Crippen molar-refractivity contribution >= 4 is 45.7 Å². The number of hydrogen-bond donors (Lipinski definition) is 3. The molecule has 0 saturated heterocycles. The number of methoxy groups -OCH3 is 1. The van der Waals surface area contributed by atoms with E-state index in [1.54, 1.807) is 31.4 Å². The molecule has 0 unspecified atom stereocenters. The average molecular weight is 515 g/mol. The number of ether oxygens (including phenoxy) is 3. The Morgan fingerprint density at radius 3 is 2.81 bits per heavy atom. The molecular weight excluding hydrogens is 491 g/mol. The fourth-order valence-electron chi connectivity index (χ4n) is 3.39. The van der Waals surface area contributed by atoms with E-state index in [2.05, 4.69) is 30.8 Å². The first-order chi connectivity index (χ1) is 17.6. The summed E-state index contributed by atoms with van der Waals surface area (Å²) in [5.41, 5.74) is 1.52. The molecule has 2 aromatic carbocycles. The maximum atomic E-state index is 13.3. The molecule has 0 radical (unpaired) electrons. The topological polar surface area (TPSA) is 123 Å². The molecule has 188 valence electrons. The number of hydrogen-bond acceptors (Lipinski definition) is 8. The molecule has 0 spiro atoms. The Balaban J connectivity index is 1.51. The molecule has 0 aliphatic heterocycles. The van der Waals surface area contributed by atoms with Crippen LogP contribution in [-0.2, 0) is 16.0 Å². The number of alkyl halides is 1. The number of nitrogens with one attached hydrogen (secondary N) is 3. The van der Waals surface area contributed by atoms with E-state index < -0.39 is 5.82 Å². The van der Waals surface area contributed by atoms with Crippen molar-refractivity contribution in [1.29, 1.82) is 0 Å². The van der Waals surface area contributed by atoms with E-state index in [1.807, 2.05) is 0 Å². The first kappa shape index (κ1) is 25.1. The number of carbonyl (C=O) groups is 1. The van der Waals surface area contributed by atoms with Gasteiger partial charge in [-0.1, -0.05) is 6.07 Å². The van der Waals surface area contributed by atoms with Crippen molar-refractivity contribution in [2.24, 2.45) is 0 Å². The van der Waals surface area contributed by atoms with Crippen molar-refractivity contribution in [2.45, 2.75) is 6.42 Å². The number of aromatic nitrogens is 4. The number of halogens is 2. The molecule has 0 fully saturated rings. The minimum atomic E-state index is -0.430. The molecule has 0 aliphatic rings. The summed E-state index contributed by atoms with van der Waals surface area (Å²) in [6.07, 6.45) is 1.43. The first-order valence-corrected chi connectivity index (χ1v) is 11.5. The molecule has 36 heavy (non-hydrogen) atoms. The van der Waals surface area contributed by atoms with Crippen LogP contribution in [0.5, 0.6) is 11.5 Å². The molecule has 2 heterocycles. The molecule has 10 nitrogen and oxygen atoms in total. The Morgan fingerprint density at radius 1 is 1.11 bits per heavy atom. The van der Waals surface area contributed by atoms with Crippen LogP contribution in [0.2, 0.25) is 0 Å². The lowest BCUT2D eigenvalue weighted by Crippen LogP contribution is -2.14. The van der Waals surface area contributed by atoms with Crippen molar-refractivity contribution in [3.8, 4) is 11.5 Å². The molecule has 0 atom stereocenters. The van der Waals surface area contributed by atoms with Gasteiger partial charge in [-0.3, -0.25) is 9.89 Å². The molecule has 2 aromatic heterocycles. The Bertz CT molecular complexity index is 1340. The van der Waals surface area contributed by atoms with E-state index in [9.17, 15) is 9.18 Å². The van der Waals surface area contributed by atoms with E-state index in [4.69, 9.17) is 25.8 Å². The van der Waals surface area contributed by atoms with E-state index >= 15 is 0 Å². The minimum absolute atomic E-state index is 0.0158. The summed E-state index contributed by atoms with van der Waals surface area (Å²) in [5.74, 6) is 1.51. The zero-order valence-electron chi connectivity index (χ0n) is 19.4. The fraction of sp³-hybridized carbons (Fsp3) is 0.250. The summed E-state index contributed by atoms with van der Waals surface area (Å²) < 4.78 is 29.9. The Labute approximate surface area is 211 Å². The van der Waals surface area contributed by atoms with Crippen LogP contribution in [0.1, 0.15) is 5.69 Å². The molecule has 0 aliphatic carbocycles. The van der Waals surface area contributed by atoms with Crippen LogP contribution >= 0.6 is 11.6 Å². The van der Waals surface area contributed by atoms with Crippen molar-refractivity contribution in [3.05, 3.63) is 60.3 Å². The smallest absolute Gasteiger partial charge is 0.230 e. The summed E-state index contributed by atoms with van der Waals surface area (Å²) in [4.78, 5) is 21.0. The number of H-pyrrole nitrogens is 1. The van der Waals surface area contributed by atoms with Gasteiger partial charge in [0.25, 0.3) is 0 Å². The predicted molar refractivity (Wildman–Crippen MR) is 134 cm³/mol. The lowest BCUT2D eigenvalue weighted by Gasteiger charge is -2.14. The van der Waals surface area contributed by atoms with Gasteiger partial charge in [-0.2, -0.15) is 5.10 Å². The monoisotopic (exact) mass is 514 g/mol. The molecule has 1 amide bonds. The number of carbonyl (C=O) groups excluding carboxylic acids is 1. The molecule has 12 heteroatoms. The predicted octanol–water partition coefficient (Wildman–Crippen LogP) is 4.06. The van der Waals surface area contributed by atoms with Crippen LogP contribution in [0, 0.1) is 5.82 Å². The van der Waals surface area contributed by atoms with Crippen LogP contribution in [0.25, 0.3) is 10.9 Å². The zero-order chi connectivity index (χ0) is 25.3. The Morgan fingerprint density at radius 2 is 2.00 bits per heavy atom. The summed E-state index contributed by atoms with van der Waals surface area (Å²) in [7, 11) is 1.60. The van der Waals surface area contributed by atoms with Gasteiger partial charge in [0.1, 0.15) is 42.7 Å². The van der Waals surface area contributed by atoms with Gasteiger partial charge in [0.2, 0.25) is 5.91 Å². The van der Waals surface area contributed by atoms with Crippen molar-refractivity contribution < 1.29 is 23.4 Å². The average Bonchev–Trinajstić information content (AvgIpc) is 3.29. The highest BCUT2D eigenvalue weighted by molar-refractivity contribution is 6.18. The summed E-state index contributed by atoms with van der Waals surface area (Å²) in [6, 6.07) is 10.9. The van der Waals surface area contributed by atoms with Gasteiger partial charge in [-0.25, -0.2) is 14.4 Å². The van der Waals surface area contributed by atoms with Gasteiger partial charge in [-0.05, 0) is 18.2 Å². The second kappa shape index (κ2) is 12.1. The van der Waals surface area contributed by atoms with Gasteiger partial charge in [0, 0.05) is 36.7 Å². The lowest BCUT2D eigenvalue weighted by molar-refractivity contribution is -0.115. The van der Waals surface area contributed by atoms with Gasteiger partial charge < -0.3 is 24.8 Å². The maximum Gasteiger partial charge on any atom is 0.230 e. The van der Waals surface area contributed by atoms with E-state index in [-0.39, 0.29) is 18.9 Å².